The molecule has 1 fully saturated rings. The summed E-state index contributed by atoms with van der Waals surface area (Å²) in [5.74, 6) is 0. The summed E-state index contributed by atoms with van der Waals surface area (Å²) in [6, 6.07) is 8.38. The summed E-state index contributed by atoms with van der Waals surface area (Å²) in [5.41, 5.74) is 1.34. The fraction of sp³-hybridized carbons (Fsp3) is 0.571. The smallest absolute Gasteiger partial charge is 0.0701 e. The van der Waals surface area contributed by atoms with E-state index in [9.17, 15) is 0 Å². The molecule has 0 atom stereocenters. The van der Waals surface area contributed by atoms with Crippen LogP contribution in [-0.4, -0.2) is 42.4 Å². The van der Waals surface area contributed by atoms with Crippen molar-refractivity contribution in [1.29, 1.82) is 0 Å². The van der Waals surface area contributed by atoms with E-state index in [4.69, 9.17) is 9.84 Å². The lowest BCUT2D eigenvalue weighted by Gasteiger charge is -2.32. The molecule has 1 aliphatic rings. The average molecular weight is 314 g/mol. The van der Waals surface area contributed by atoms with Crippen molar-refractivity contribution in [3.05, 3.63) is 34.3 Å². The number of piperidine rings is 1. The monoisotopic (exact) mass is 313 g/mol. The third kappa shape index (κ3) is 4.05. The minimum atomic E-state index is 0.122. The maximum atomic E-state index is 8.73. The topological polar surface area (TPSA) is 32.7 Å². The van der Waals surface area contributed by atoms with Gasteiger partial charge in [0.1, 0.15) is 0 Å². The summed E-state index contributed by atoms with van der Waals surface area (Å²) in [4.78, 5) is 2.46. The van der Waals surface area contributed by atoms with E-state index in [1.807, 2.05) is 6.07 Å². The molecule has 1 aromatic rings. The summed E-state index contributed by atoms with van der Waals surface area (Å²) in [7, 11) is 0. The molecule has 1 aromatic carbocycles. The molecule has 1 aliphatic heterocycles. The summed E-state index contributed by atoms with van der Waals surface area (Å²) < 4.78 is 6.75. The molecule has 1 N–H and O–H groups in total. The van der Waals surface area contributed by atoms with Gasteiger partial charge in [-0.1, -0.05) is 34.1 Å². The minimum absolute atomic E-state index is 0.122. The van der Waals surface area contributed by atoms with E-state index in [-0.39, 0.29) is 6.61 Å². The van der Waals surface area contributed by atoms with Gasteiger partial charge in [-0.25, -0.2) is 0 Å². The van der Waals surface area contributed by atoms with E-state index < -0.39 is 0 Å². The van der Waals surface area contributed by atoms with Gasteiger partial charge in [-0.3, -0.25) is 4.90 Å². The average Bonchev–Trinajstić information content (AvgIpc) is 2.41. The van der Waals surface area contributed by atoms with Crippen molar-refractivity contribution >= 4 is 15.9 Å². The van der Waals surface area contributed by atoms with Crippen molar-refractivity contribution in [2.75, 3.05) is 26.3 Å². The number of halogens is 1. The Labute approximate surface area is 117 Å². The molecule has 0 spiro atoms. The van der Waals surface area contributed by atoms with Crippen LogP contribution in [0.15, 0.2) is 28.7 Å². The largest absolute Gasteiger partial charge is 0.394 e. The van der Waals surface area contributed by atoms with Crippen molar-refractivity contribution in [1.82, 2.24) is 4.90 Å². The Balaban J connectivity index is 1.78. The van der Waals surface area contributed by atoms with Crippen LogP contribution in [0, 0.1) is 0 Å². The lowest BCUT2D eigenvalue weighted by molar-refractivity contribution is -0.00904. The van der Waals surface area contributed by atoms with E-state index in [1.165, 1.54) is 10.0 Å². The van der Waals surface area contributed by atoms with E-state index in [0.29, 0.717) is 12.7 Å². The number of aliphatic hydroxyl groups excluding tert-OH is 1. The van der Waals surface area contributed by atoms with Crippen LogP contribution < -0.4 is 0 Å². The Kier molecular flexibility index (Phi) is 5.63. The zero-order chi connectivity index (χ0) is 12.8. The van der Waals surface area contributed by atoms with Crippen LogP contribution in [0.5, 0.6) is 0 Å². The molecule has 0 unspecified atom stereocenters. The zero-order valence-corrected chi connectivity index (χ0v) is 12.1. The second-order valence-electron chi connectivity index (χ2n) is 4.66. The van der Waals surface area contributed by atoms with Crippen LogP contribution in [0.1, 0.15) is 18.4 Å². The van der Waals surface area contributed by atoms with Gasteiger partial charge in [0.2, 0.25) is 0 Å². The highest BCUT2D eigenvalue weighted by Gasteiger charge is 2.19. The number of hydrogen-bond acceptors (Lipinski definition) is 3. The van der Waals surface area contributed by atoms with E-state index >= 15 is 0 Å². The van der Waals surface area contributed by atoms with E-state index in [1.54, 1.807) is 0 Å². The van der Waals surface area contributed by atoms with Gasteiger partial charge in [0, 0.05) is 24.1 Å². The Bertz CT molecular complexity index is 365. The molecular weight excluding hydrogens is 294 g/mol. The highest BCUT2D eigenvalue weighted by atomic mass is 79.9. The van der Waals surface area contributed by atoms with E-state index in [0.717, 1.165) is 32.5 Å². The third-order valence-electron chi connectivity index (χ3n) is 3.33. The minimum Gasteiger partial charge on any atom is -0.394 e. The Morgan fingerprint density at radius 1 is 1.28 bits per heavy atom. The molecule has 0 aliphatic carbocycles. The first kappa shape index (κ1) is 14.0. The van der Waals surface area contributed by atoms with Gasteiger partial charge < -0.3 is 9.84 Å². The molecule has 4 heteroatoms. The molecule has 0 radical (unpaired) electrons. The number of aliphatic hydroxyl groups is 1. The number of benzene rings is 1. The summed E-state index contributed by atoms with van der Waals surface area (Å²) in [6.07, 6.45) is 2.45. The first-order chi connectivity index (χ1) is 8.79. The van der Waals surface area contributed by atoms with Gasteiger partial charge in [-0.05, 0) is 24.5 Å². The predicted octanol–water partition coefficient (Wildman–Crippen LogP) is 2.42. The Hall–Kier alpha value is -0.420. The highest BCUT2D eigenvalue weighted by molar-refractivity contribution is 9.10. The molecule has 18 heavy (non-hydrogen) atoms. The first-order valence-corrected chi connectivity index (χ1v) is 7.27. The lowest BCUT2D eigenvalue weighted by Crippen LogP contribution is -2.36. The maximum Gasteiger partial charge on any atom is 0.0701 e. The summed E-state index contributed by atoms with van der Waals surface area (Å²) >= 11 is 3.59. The van der Waals surface area contributed by atoms with E-state index in [2.05, 4.69) is 39.0 Å². The number of likely N-dealkylation sites (tertiary alicyclic amines) is 1. The maximum absolute atomic E-state index is 8.73. The quantitative estimate of drug-likeness (QED) is 0.906. The second kappa shape index (κ2) is 7.24. The van der Waals surface area contributed by atoms with Crippen molar-refractivity contribution < 1.29 is 9.84 Å². The van der Waals surface area contributed by atoms with Gasteiger partial charge in [0.15, 0.2) is 0 Å². The van der Waals surface area contributed by atoms with Crippen molar-refractivity contribution in [3.8, 4) is 0 Å². The Morgan fingerprint density at radius 3 is 2.67 bits per heavy atom. The SMILES string of the molecule is OCCOC1CCN(Cc2ccccc2Br)CC1. The number of rotatable bonds is 5. The molecule has 3 nitrogen and oxygen atoms in total. The van der Waals surface area contributed by atoms with Crippen molar-refractivity contribution in [2.24, 2.45) is 0 Å². The van der Waals surface area contributed by atoms with Crippen LogP contribution in [0.4, 0.5) is 0 Å². The van der Waals surface area contributed by atoms with Crippen LogP contribution in [0.25, 0.3) is 0 Å². The molecule has 0 amide bonds. The van der Waals surface area contributed by atoms with Gasteiger partial charge in [0.25, 0.3) is 0 Å². The summed E-state index contributed by atoms with van der Waals surface area (Å²) in [5, 5.41) is 8.73. The van der Waals surface area contributed by atoms with Gasteiger partial charge in [-0.15, -0.1) is 0 Å². The predicted molar refractivity (Wildman–Crippen MR) is 75.5 cm³/mol. The molecule has 2 rings (SSSR count). The fourth-order valence-corrected chi connectivity index (χ4v) is 2.73. The zero-order valence-electron chi connectivity index (χ0n) is 10.5. The van der Waals surface area contributed by atoms with Gasteiger partial charge in [-0.2, -0.15) is 0 Å². The molecule has 100 valence electrons. The van der Waals surface area contributed by atoms with Crippen LogP contribution in [0.2, 0.25) is 0 Å². The molecule has 1 saturated heterocycles. The normalized spacial score (nSPS) is 18.1. The number of hydrogen-bond donors (Lipinski definition) is 1. The molecular formula is C14H20BrNO2. The third-order valence-corrected chi connectivity index (χ3v) is 4.10. The van der Waals surface area contributed by atoms with Crippen molar-refractivity contribution in [3.63, 3.8) is 0 Å². The highest BCUT2D eigenvalue weighted by Crippen LogP contribution is 2.21. The van der Waals surface area contributed by atoms with Crippen molar-refractivity contribution in [2.45, 2.75) is 25.5 Å². The van der Waals surface area contributed by atoms with Gasteiger partial charge >= 0.3 is 0 Å². The van der Waals surface area contributed by atoms with Crippen LogP contribution in [0.3, 0.4) is 0 Å². The Morgan fingerprint density at radius 2 is 2.00 bits per heavy atom. The van der Waals surface area contributed by atoms with Crippen LogP contribution in [-0.2, 0) is 11.3 Å². The van der Waals surface area contributed by atoms with Gasteiger partial charge in [0.05, 0.1) is 19.3 Å². The second-order valence-corrected chi connectivity index (χ2v) is 5.52. The first-order valence-electron chi connectivity index (χ1n) is 6.48. The standard InChI is InChI=1S/C14H20BrNO2/c15-14-4-2-1-3-12(14)11-16-7-5-13(6-8-16)18-10-9-17/h1-4,13,17H,5-11H2. The lowest BCUT2D eigenvalue weighted by atomic mass is 10.1. The fourth-order valence-electron chi connectivity index (χ4n) is 2.32. The molecule has 0 aromatic heterocycles. The molecule has 1 heterocycles. The molecule has 0 saturated carbocycles. The number of ether oxygens (including phenoxy) is 1. The summed E-state index contributed by atoms with van der Waals surface area (Å²) in [6.45, 7) is 3.72. The van der Waals surface area contributed by atoms with Crippen LogP contribution >= 0.6 is 15.9 Å². The molecule has 0 bridgehead atoms. The number of nitrogens with zero attached hydrogens (tertiary/aromatic N) is 1.